The van der Waals surface area contributed by atoms with Gasteiger partial charge in [0.25, 0.3) is 0 Å². The molecule has 0 aromatic heterocycles. The van der Waals surface area contributed by atoms with Gasteiger partial charge in [0.15, 0.2) is 0 Å². The van der Waals surface area contributed by atoms with E-state index in [4.69, 9.17) is 0 Å². The van der Waals surface area contributed by atoms with Gasteiger partial charge in [-0.15, -0.1) is 0 Å². The minimum atomic E-state index is -0.993. The van der Waals surface area contributed by atoms with Crippen molar-refractivity contribution in [3.63, 3.8) is 0 Å². The molecule has 1 amide bonds. The number of amides is 1. The molecule has 1 fully saturated rings. The van der Waals surface area contributed by atoms with Crippen LogP contribution in [0, 0.1) is 0 Å². The van der Waals surface area contributed by atoms with Crippen molar-refractivity contribution >= 4 is 17.6 Å². The Kier molecular flexibility index (Phi) is 4.79. The summed E-state index contributed by atoms with van der Waals surface area (Å²) in [5.74, 6) is -1.01. The van der Waals surface area contributed by atoms with Gasteiger partial charge < -0.3 is 14.9 Å². The Hall–Kier alpha value is -2.82. The van der Waals surface area contributed by atoms with Gasteiger partial charge in [-0.3, -0.25) is 4.79 Å². The molecular formula is C19H20N2O3. The molecule has 124 valence electrons. The second kappa shape index (κ2) is 7.17. The van der Waals surface area contributed by atoms with E-state index in [1.165, 1.54) is 11.8 Å². The van der Waals surface area contributed by atoms with Crippen LogP contribution in [0.4, 0.5) is 5.69 Å². The number of piperazine rings is 1. The van der Waals surface area contributed by atoms with Crippen molar-refractivity contribution in [2.24, 2.45) is 0 Å². The first kappa shape index (κ1) is 16.1. The van der Waals surface area contributed by atoms with E-state index in [1.54, 1.807) is 18.2 Å². The Labute approximate surface area is 141 Å². The van der Waals surface area contributed by atoms with Gasteiger partial charge in [0, 0.05) is 31.9 Å². The molecule has 2 aromatic carbocycles. The lowest BCUT2D eigenvalue weighted by molar-refractivity contribution is -0.130. The molecule has 5 heteroatoms. The number of aromatic carboxylic acids is 1. The van der Waals surface area contributed by atoms with Gasteiger partial charge in [0.1, 0.15) is 0 Å². The number of hydrogen-bond acceptors (Lipinski definition) is 3. The molecule has 1 heterocycles. The molecule has 1 saturated heterocycles. The summed E-state index contributed by atoms with van der Waals surface area (Å²) in [4.78, 5) is 27.8. The summed E-state index contributed by atoms with van der Waals surface area (Å²) in [5, 5.41) is 9.22. The number of rotatable bonds is 4. The second-order valence-corrected chi connectivity index (χ2v) is 5.84. The summed E-state index contributed by atoms with van der Waals surface area (Å²) in [5.41, 5.74) is 1.94. The summed E-state index contributed by atoms with van der Waals surface area (Å²) < 4.78 is 0. The monoisotopic (exact) mass is 324 g/mol. The van der Waals surface area contributed by atoms with Crippen LogP contribution in [0.3, 0.4) is 0 Å². The maximum atomic E-state index is 12.5. The minimum Gasteiger partial charge on any atom is -0.478 e. The molecule has 1 aliphatic heterocycles. The summed E-state index contributed by atoms with van der Waals surface area (Å²) in [6.45, 7) is 2.89. The fourth-order valence-corrected chi connectivity index (χ4v) is 3.01. The number of carboxylic acid groups (broad SMARTS) is 1. The maximum Gasteiger partial charge on any atom is 0.335 e. The van der Waals surface area contributed by atoms with Gasteiger partial charge in [-0.1, -0.05) is 36.4 Å². The zero-order valence-corrected chi connectivity index (χ0v) is 13.4. The normalized spacial score (nSPS) is 14.5. The number of nitrogens with zero attached hydrogens (tertiary/aromatic N) is 2. The smallest absolute Gasteiger partial charge is 0.335 e. The molecule has 1 aliphatic rings. The predicted octanol–water partition coefficient (Wildman–Crippen LogP) is 2.28. The molecule has 3 rings (SSSR count). The number of carbonyl (C=O) groups excluding carboxylic acids is 1. The van der Waals surface area contributed by atoms with Crippen LogP contribution in [-0.2, 0) is 11.2 Å². The second-order valence-electron chi connectivity index (χ2n) is 5.84. The van der Waals surface area contributed by atoms with E-state index in [0.29, 0.717) is 18.7 Å². The van der Waals surface area contributed by atoms with E-state index >= 15 is 0 Å². The summed E-state index contributed by atoms with van der Waals surface area (Å²) in [6, 6.07) is 16.8. The van der Waals surface area contributed by atoms with E-state index in [-0.39, 0.29) is 17.9 Å². The Morgan fingerprint density at radius 3 is 2.17 bits per heavy atom. The number of carboxylic acids is 1. The molecule has 0 bridgehead atoms. The summed E-state index contributed by atoms with van der Waals surface area (Å²) in [7, 11) is 0. The van der Waals surface area contributed by atoms with Crippen molar-refractivity contribution in [2.75, 3.05) is 31.1 Å². The van der Waals surface area contributed by atoms with Crippen molar-refractivity contribution in [1.82, 2.24) is 4.90 Å². The highest BCUT2D eigenvalue weighted by Crippen LogP contribution is 2.17. The topological polar surface area (TPSA) is 60.9 Å². The van der Waals surface area contributed by atoms with E-state index in [2.05, 4.69) is 17.0 Å². The average Bonchev–Trinajstić information content (AvgIpc) is 2.63. The molecule has 2 aromatic rings. The first-order chi connectivity index (χ1) is 11.6. The van der Waals surface area contributed by atoms with Gasteiger partial charge in [0.05, 0.1) is 12.0 Å². The van der Waals surface area contributed by atoms with Gasteiger partial charge in [-0.05, 0) is 23.8 Å². The fourth-order valence-electron chi connectivity index (χ4n) is 3.01. The number of anilines is 1. The predicted molar refractivity (Wildman–Crippen MR) is 92.3 cm³/mol. The molecular weight excluding hydrogens is 304 g/mol. The van der Waals surface area contributed by atoms with E-state index in [9.17, 15) is 14.7 Å². The standard InChI is InChI=1S/C19H20N2O3/c22-18(14-15-6-4-5-9-17(15)19(23)24)21-12-10-20(11-13-21)16-7-2-1-3-8-16/h1-9H,10-14H2,(H,23,24). The van der Waals surface area contributed by atoms with Crippen LogP contribution >= 0.6 is 0 Å². The van der Waals surface area contributed by atoms with Crippen LogP contribution in [0.5, 0.6) is 0 Å². The van der Waals surface area contributed by atoms with Gasteiger partial charge in [0.2, 0.25) is 5.91 Å². The van der Waals surface area contributed by atoms with Crippen molar-refractivity contribution in [2.45, 2.75) is 6.42 Å². The quantitative estimate of drug-likeness (QED) is 0.937. The van der Waals surface area contributed by atoms with Crippen molar-refractivity contribution < 1.29 is 14.7 Å². The Morgan fingerprint density at radius 1 is 0.875 bits per heavy atom. The molecule has 1 N–H and O–H groups in total. The highest BCUT2D eigenvalue weighted by atomic mass is 16.4. The Bertz CT molecular complexity index is 722. The average molecular weight is 324 g/mol. The number of carbonyl (C=O) groups is 2. The van der Waals surface area contributed by atoms with Crippen LogP contribution in [-0.4, -0.2) is 48.1 Å². The summed E-state index contributed by atoms with van der Waals surface area (Å²) in [6.07, 6.45) is 0.133. The minimum absolute atomic E-state index is 0.0172. The Morgan fingerprint density at radius 2 is 1.50 bits per heavy atom. The molecule has 0 radical (unpaired) electrons. The van der Waals surface area contributed by atoms with E-state index in [0.717, 1.165) is 13.1 Å². The Balaban J connectivity index is 1.61. The lowest BCUT2D eigenvalue weighted by Crippen LogP contribution is -2.49. The molecule has 0 aliphatic carbocycles. The SMILES string of the molecule is O=C(O)c1ccccc1CC(=O)N1CCN(c2ccccc2)CC1. The van der Waals surface area contributed by atoms with Crippen molar-refractivity contribution in [1.29, 1.82) is 0 Å². The third-order valence-corrected chi connectivity index (χ3v) is 4.34. The van der Waals surface area contributed by atoms with Crippen LogP contribution < -0.4 is 4.90 Å². The largest absolute Gasteiger partial charge is 0.478 e. The number of hydrogen-bond donors (Lipinski definition) is 1. The fraction of sp³-hybridized carbons (Fsp3) is 0.263. The zero-order chi connectivity index (χ0) is 16.9. The van der Waals surface area contributed by atoms with E-state index in [1.807, 2.05) is 23.1 Å². The lowest BCUT2D eigenvalue weighted by atomic mass is 10.0. The van der Waals surface area contributed by atoms with Crippen LogP contribution in [0.2, 0.25) is 0 Å². The molecule has 0 unspecified atom stereocenters. The molecule has 0 saturated carbocycles. The number of para-hydroxylation sites is 1. The summed E-state index contributed by atoms with van der Waals surface area (Å²) >= 11 is 0. The third kappa shape index (κ3) is 3.56. The van der Waals surface area contributed by atoms with Crippen LogP contribution in [0.25, 0.3) is 0 Å². The highest BCUT2D eigenvalue weighted by molar-refractivity contribution is 5.91. The molecule has 0 atom stereocenters. The van der Waals surface area contributed by atoms with Gasteiger partial charge >= 0.3 is 5.97 Å². The van der Waals surface area contributed by atoms with Crippen molar-refractivity contribution in [3.05, 3.63) is 65.7 Å². The first-order valence-corrected chi connectivity index (χ1v) is 8.04. The first-order valence-electron chi connectivity index (χ1n) is 8.04. The van der Waals surface area contributed by atoms with Crippen LogP contribution in [0.1, 0.15) is 15.9 Å². The third-order valence-electron chi connectivity index (χ3n) is 4.34. The van der Waals surface area contributed by atoms with Gasteiger partial charge in [-0.25, -0.2) is 4.79 Å². The lowest BCUT2D eigenvalue weighted by Gasteiger charge is -2.36. The molecule has 5 nitrogen and oxygen atoms in total. The zero-order valence-electron chi connectivity index (χ0n) is 13.4. The van der Waals surface area contributed by atoms with E-state index < -0.39 is 5.97 Å². The molecule has 24 heavy (non-hydrogen) atoms. The van der Waals surface area contributed by atoms with Crippen molar-refractivity contribution in [3.8, 4) is 0 Å². The maximum absolute atomic E-state index is 12.5. The highest BCUT2D eigenvalue weighted by Gasteiger charge is 2.22. The van der Waals surface area contributed by atoms with Gasteiger partial charge in [-0.2, -0.15) is 0 Å². The number of benzene rings is 2. The van der Waals surface area contributed by atoms with Crippen LogP contribution in [0.15, 0.2) is 54.6 Å². The molecule has 0 spiro atoms.